The zero-order valence-corrected chi connectivity index (χ0v) is 19.2. The smallest absolute Gasteiger partial charge is 0.327 e. The van der Waals surface area contributed by atoms with Crippen LogP contribution >= 0.6 is 24.0 Å². The number of benzene rings is 2. The van der Waals surface area contributed by atoms with E-state index in [0.29, 0.717) is 28.9 Å². The molecule has 0 bridgehead atoms. The maximum atomic E-state index is 13.1. The van der Waals surface area contributed by atoms with Crippen LogP contribution in [0.5, 0.6) is 5.75 Å². The van der Waals surface area contributed by atoms with E-state index >= 15 is 0 Å². The topological polar surface area (TPSA) is 58.6 Å². The highest BCUT2D eigenvalue weighted by atomic mass is 35.5. The van der Waals surface area contributed by atoms with Crippen molar-refractivity contribution in [1.29, 1.82) is 0 Å². The van der Waals surface area contributed by atoms with Gasteiger partial charge in [-0.25, -0.2) is 0 Å². The van der Waals surface area contributed by atoms with Gasteiger partial charge >= 0.3 is 5.97 Å². The Hall–Kier alpha value is -2.08. The van der Waals surface area contributed by atoms with Crippen molar-refractivity contribution in [2.24, 2.45) is 0 Å². The fourth-order valence-electron chi connectivity index (χ4n) is 4.81. The lowest BCUT2D eigenvalue weighted by Gasteiger charge is -2.27. The van der Waals surface area contributed by atoms with Crippen molar-refractivity contribution in [3.63, 3.8) is 0 Å². The minimum atomic E-state index is -1.19. The molecule has 2 heterocycles. The van der Waals surface area contributed by atoms with Gasteiger partial charge in [-0.15, -0.1) is 12.4 Å². The number of hydrogen-bond acceptors (Lipinski definition) is 4. The molecule has 2 aliphatic rings. The van der Waals surface area contributed by atoms with Crippen molar-refractivity contribution in [2.45, 2.75) is 44.1 Å². The molecule has 0 saturated carbocycles. The first-order valence-electron chi connectivity index (χ1n) is 10.6. The fraction of sp³-hybridized carbons (Fsp3) is 0.417. The zero-order valence-electron chi connectivity index (χ0n) is 17.6. The molecule has 2 aromatic carbocycles. The molecular weight excluding hydrogens is 435 g/mol. The predicted molar refractivity (Wildman–Crippen MR) is 124 cm³/mol. The van der Waals surface area contributed by atoms with E-state index in [1.54, 1.807) is 18.2 Å². The lowest BCUT2D eigenvalue weighted by atomic mass is 9.73. The normalized spacial score (nSPS) is 22.5. The molecule has 1 saturated heterocycles. The molecule has 7 heteroatoms. The van der Waals surface area contributed by atoms with Gasteiger partial charge in [0.1, 0.15) is 11.2 Å². The summed E-state index contributed by atoms with van der Waals surface area (Å²) in [6.07, 6.45) is 3.30. The maximum absolute atomic E-state index is 13.1. The lowest BCUT2D eigenvalue weighted by Crippen LogP contribution is -2.41. The molecule has 4 rings (SSSR count). The average molecular weight is 463 g/mol. The number of esters is 1. The summed E-state index contributed by atoms with van der Waals surface area (Å²) in [5, 5.41) is 3.54. The first kappa shape index (κ1) is 23.6. The van der Waals surface area contributed by atoms with Crippen LogP contribution in [-0.2, 0) is 15.0 Å². The van der Waals surface area contributed by atoms with Crippen LogP contribution in [0.3, 0.4) is 0 Å². The Kier molecular flexibility index (Phi) is 7.63. The third kappa shape index (κ3) is 4.59. The van der Waals surface area contributed by atoms with E-state index in [-0.39, 0.29) is 24.7 Å². The standard InChI is InChI=1S/C24H27ClN2O3.ClH/c1-2-27-14-6-9-19(27)12-13-26-22(28)16-24(17-7-4-3-5-8-17)20-15-18(25)10-11-21(20)30-23(24)29;/h3-5,7-8,10-11,15,19H,2,6,9,12-14,16H2,1H3,(H,26,28);1H. The van der Waals surface area contributed by atoms with Crippen LogP contribution in [0.25, 0.3) is 0 Å². The van der Waals surface area contributed by atoms with Gasteiger partial charge < -0.3 is 15.0 Å². The van der Waals surface area contributed by atoms with Gasteiger partial charge in [0.25, 0.3) is 0 Å². The number of nitrogens with one attached hydrogen (secondary N) is 1. The molecule has 1 amide bonds. The predicted octanol–water partition coefficient (Wildman–Crippen LogP) is 4.35. The molecule has 1 fully saturated rings. The van der Waals surface area contributed by atoms with Crippen LogP contribution in [0.15, 0.2) is 48.5 Å². The number of ether oxygens (including phenoxy) is 1. The summed E-state index contributed by atoms with van der Waals surface area (Å²) in [6, 6.07) is 15.0. The van der Waals surface area contributed by atoms with Gasteiger partial charge in [-0.2, -0.15) is 0 Å². The van der Waals surface area contributed by atoms with Crippen LogP contribution in [0.4, 0.5) is 0 Å². The summed E-state index contributed by atoms with van der Waals surface area (Å²) >= 11 is 6.23. The second-order valence-corrected chi connectivity index (χ2v) is 8.48. The van der Waals surface area contributed by atoms with Gasteiger partial charge in [-0.1, -0.05) is 48.9 Å². The molecule has 5 nitrogen and oxygen atoms in total. The quantitative estimate of drug-likeness (QED) is 0.490. The van der Waals surface area contributed by atoms with Crippen molar-refractivity contribution in [1.82, 2.24) is 10.2 Å². The van der Waals surface area contributed by atoms with Crippen LogP contribution in [0, 0.1) is 0 Å². The van der Waals surface area contributed by atoms with Crippen molar-refractivity contribution in [3.05, 3.63) is 64.7 Å². The van der Waals surface area contributed by atoms with E-state index in [2.05, 4.69) is 17.1 Å². The van der Waals surface area contributed by atoms with E-state index in [1.165, 1.54) is 12.8 Å². The van der Waals surface area contributed by atoms with Crippen LogP contribution in [0.2, 0.25) is 5.02 Å². The van der Waals surface area contributed by atoms with E-state index < -0.39 is 11.4 Å². The number of nitrogens with zero attached hydrogens (tertiary/aromatic N) is 1. The minimum Gasteiger partial charge on any atom is -0.425 e. The molecule has 2 atom stereocenters. The summed E-state index contributed by atoms with van der Waals surface area (Å²) in [4.78, 5) is 28.6. The molecule has 2 unspecified atom stereocenters. The Morgan fingerprint density at radius 1 is 1.26 bits per heavy atom. The summed E-state index contributed by atoms with van der Waals surface area (Å²) in [5.41, 5.74) is 0.197. The van der Waals surface area contributed by atoms with Gasteiger partial charge in [0, 0.05) is 23.2 Å². The highest BCUT2D eigenvalue weighted by molar-refractivity contribution is 6.30. The summed E-state index contributed by atoms with van der Waals surface area (Å²) in [5.74, 6) is -0.135. The van der Waals surface area contributed by atoms with Crippen LogP contribution < -0.4 is 10.1 Å². The number of carbonyl (C=O) groups excluding carboxylic acids is 2. The molecule has 1 N–H and O–H groups in total. The number of amides is 1. The second-order valence-electron chi connectivity index (χ2n) is 8.04. The van der Waals surface area contributed by atoms with Crippen molar-refractivity contribution in [3.8, 4) is 5.75 Å². The van der Waals surface area contributed by atoms with E-state index in [4.69, 9.17) is 16.3 Å². The molecule has 31 heavy (non-hydrogen) atoms. The molecule has 0 aromatic heterocycles. The summed E-state index contributed by atoms with van der Waals surface area (Å²) < 4.78 is 5.56. The second kappa shape index (κ2) is 10.0. The Morgan fingerprint density at radius 3 is 2.77 bits per heavy atom. The van der Waals surface area contributed by atoms with Gasteiger partial charge in [-0.3, -0.25) is 9.59 Å². The first-order valence-corrected chi connectivity index (χ1v) is 11.0. The molecule has 166 valence electrons. The Bertz CT molecular complexity index is 938. The van der Waals surface area contributed by atoms with Crippen LogP contribution in [-0.4, -0.2) is 42.5 Å². The van der Waals surface area contributed by atoms with Crippen molar-refractivity contribution >= 4 is 35.9 Å². The van der Waals surface area contributed by atoms with Gasteiger partial charge in [0.2, 0.25) is 5.91 Å². The lowest BCUT2D eigenvalue weighted by molar-refractivity contribution is -0.139. The summed E-state index contributed by atoms with van der Waals surface area (Å²) in [6.45, 7) is 4.95. The van der Waals surface area contributed by atoms with Gasteiger partial charge in [-0.05, 0) is 56.1 Å². The van der Waals surface area contributed by atoms with Gasteiger partial charge in [0.15, 0.2) is 0 Å². The van der Waals surface area contributed by atoms with Crippen LogP contribution in [0.1, 0.15) is 43.7 Å². The number of carbonyl (C=O) groups is 2. The Morgan fingerprint density at radius 2 is 2.03 bits per heavy atom. The zero-order chi connectivity index (χ0) is 21.1. The SMILES string of the molecule is CCN1CCCC1CCNC(=O)CC1(c2ccccc2)C(=O)Oc2ccc(Cl)cc21.Cl. The summed E-state index contributed by atoms with van der Waals surface area (Å²) in [7, 11) is 0. The van der Waals surface area contributed by atoms with Crippen molar-refractivity contribution < 1.29 is 14.3 Å². The number of fused-ring (bicyclic) bond motifs is 1. The fourth-order valence-corrected chi connectivity index (χ4v) is 4.98. The number of halogens is 2. The minimum absolute atomic E-state index is 0. The third-order valence-corrected chi connectivity index (χ3v) is 6.58. The maximum Gasteiger partial charge on any atom is 0.327 e. The molecule has 0 radical (unpaired) electrons. The van der Waals surface area contributed by atoms with E-state index in [1.807, 2.05) is 30.3 Å². The molecule has 0 spiro atoms. The number of likely N-dealkylation sites (tertiary alicyclic amines) is 1. The largest absolute Gasteiger partial charge is 0.425 e. The highest BCUT2D eigenvalue weighted by Crippen LogP contribution is 2.47. The molecule has 2 aliphatic heterocycles. The van der Waals surface area contributed by atoms with E-state index in [9.17, 15) is 9.59 Å². The average Bonchev–Trinajstić information content (AvgIpc) is 3.31. The third-order valence-electron chi connectivity index (χ3n) is 6.35. The first-order chi connectivity index (χ1) is 14.5. The Balaban J connectivity index is 0.00000272. The van der Waals surface area contributed by atoms with Crippen molar-refractivity contribution in [2.75, 3.05) is 19.6 Å². The Labute approximate surface area is 194 Å². The van der Waals surface area contributed by atoms with E-state index in [0.717, 1.165) is 25.1 Å². The molecular formula is C24H28Cl2N2O3. The molecule has 2 aromatic rings. The highest BCUT2D eigenvalue weighted by Gasteiger charge is 2.52. The molecule has 0 aliphatic carbocycles. The number of hydrogen-bond donors (Lipinski definition) is 1. The van der Waals surface area contributed by atoms with Gasteiger partial charge in [0.05, 0.1) is 6.42 Å². The number of rotatable bonds is 7. The monoisotopic (exact) mass is 462 g/mol.